The summed E-state index contributed by atoms with van der Waals surface area (Å²) in [6, 6.07) is 5.69. The van der Waals surface area contributed by atoms with Crippen LogP contribution in [0.1, 0.15) is 41.7 Å². The fourth-order valence-corrected chi connectivity index (χ4v) is 3.98. The highest BCUT2D eigenvalue weighted by molar-refractivity contribution is 6.30. The minimum absolute atomic E-state index is 0.401. The van der Waals surface area contributed by atoms with Crippen LogP contribution in [0.4, 0.5) is 0 Å². The van der Waals surface area contributed by atoms with E-state index in [1.807, 2.05) is 25.1 Å². The minimum atomic E-state index is -0.484. The summed E-state index contributed by atoms with van der Waals surface area (Å²) in [5.74, 6) is 0.690. The van der Waals surface area contributed by atoms with Gasteiger partial charge in [-0.25, -0.2) is 4.98 Å². The van der Waals surface area contributed by atoms with Crippen LogP contribution < -0.4 is 0 Å². The molecular formula is C18H19ClN2O3. The summed E-state index contributed by atoms with van der Waals surface area (Å²) in [7, 11) is 0. The van der Waals surface area contributed by atoms with Crippen molar-refractivity contribution in [2.24, 2.45) is 0 Å². The van der Waals surface area contributed by atoms with Crippen LogP contribution in [0.15, 0.2) is 28.9 Å². The van der Waals surface area contributed by atoms with Gasteiger partial charge in [-0.15, -0.1) is 0 Å². The van der Waals surface area contributed by atoms with E-state index in [1.54, 1.807) is 6.26 Å². The van der Waals surface area contributed by atoms with Crippen molar-refractivity contribution in [3.8, 4) is 0 Å². The number of fused-ring (bicyclic) bond motifs is 2. The summed E-state index contributed by atoms with van der Waals surface area (Å²) in [4.78, 5) is 18.1. The van der Waals surface area contributed by atoms with E-state index in [1.165, 1.54) is 0 Å². The maximum Gasteiger partial charge on any atom is 0.191 e. The Kier molecular flexibility index (Phi) is 3.95. The predicted molar refractivity (Wildman–Crippen MR) is 88.8 cm³/mol. The number of halogens is 1. The molecule has 1 aromatic carbocycles. The van der Waals surface area contributed by atoms with E-state index in [0.29, 0.717) is 10.9 Å². The maximum atomic E-state index is 11.4. The van der Waals surface area contributed by atoms with Gasteiger partial charge in [-0.3, -0.25) is 4.90 Å². The molecule has 126 valence electrons. The van der Waals surface area contributed by atoms with Crippen LogP contribution in [-0.2, 0) is 21.7 Å². The van der Waals surface area contributed by atoms with Crippen molar-refractivity contribution in [1.29, 1.82) is 0 Å². The molecule has 3 heterocycles. The molecule has 1 saturated heterocycles. The molecule has 0 saturated carbocycles. The number of nitrogens with zero attached hydrogens (tertiary/aromatic N) is 2. The number of hydrogen-bond donors (Lipinski definition) is 0. The lowest BCUT2D eigenvalue weighted by atomic mass is 9.83. The first-order valence-corrected chi connectivity index (χ1v) is 8.54. The third-order valence-electron chi connectivity index (χ3n) is 5.00. The molecule has 2 aliphatic heterocycles. The fourth-order valence-electron chi connectivity index (χ4n) is 3.81. The van der Waals surface area contributed by atoms with Crippen molar-refractivity contribution in [3.05, 3.63) is 52.2 Å². The third-order valence-corrected chi connectivity index (χ3v) is 5.24. The number of carbonyl (C=O) groups excluding carboxylic acids is 1. The Morgan fingerprint density at radius 1 is 1.42 bits per heavy atom. The molecule has 1 unspecified atom stereocenters. The summed E-state index contributed by atoms with van der Waals surface area (Å²) in [5.41, 5.74) is 2.58. The minimum Gasteiger partial charge on any atom is -0.449 e. The second-order valence-corrected chi connectivity index (χ2v) is 6.97. The topological polar surface area (TPSA) is 55.6 Å². The molecule has 2 aromatic rings. The van der Waals surface area contributed by atoms with Gasteiger partial charge in [-0.05, 0) is 36.1 Å². The molecule has 1 atom stereocenters. The van der Waals surface area contributed by atoms with Gasteiger partial charge in [0.15, 0.2) is 12.2 Å². The van der Waals surface area contributed by atoms with Gasteiger partial charge in [0.1, 0.15) is 12.4 Å². The van der Waals surface area contributed by atoms with Crippen molar-refractivity contribution in [1.82, 2.24) is 9.88 Å². The first-order chi connectivity index (χ1) is 11.6. The summed E-state index contributed by atoms with van der Waals surface area (Å²) in [5, 5.41) is 0.684. The van der Waals surface area contributed by atoms with Crippen LogP contribution in [0, 0.1) is 6.92 Å². The van der Waals surface area contributed by atoms with E-state index in [0.717, 1.165) is 55.6 Å². The second kappa shape index (κ2) is 5.99. The van der Waals surface area contributed by atoms with Gasteiger partial charge in [0.05, 0.1) is 11.3 Å². The van der Waals surface area contributed by atoms with E-state index < -0.39 is 11.7 Å². The van der Waals surface area contributed by atoms with Crippen LogP contribution in [-0.4, -0.2) is 29.3 Å². The Morgan fingerprint density at radius 3 is 2.88 bits per heavy atom. The number of rotatable bonds is 3. The van der Waals surface area contributed by atoms with E-state index in [9.17, 15) is 4.79 Å². The number of ether oxygens (including phenoxy) is 1. The number of aromatic nitrogens is 1. The van der Waals surface area contributed by atoms with E-state index >= 15 is 0 Å². The molecule has 0 aliphatic carbocycles. The summed E-state index contributed by atoms with van der Waals surface area (Å²) < 4.78 is 11.5. The monoisotopic (exact) mass is 346 g/mol. The van der Waals surface area contributed by atoms with Gasteiger partial charge < -0.3 is 13.9 Å². The molecule has 5 nitrogen and oxygen atoms in total. The van der Waals surface area contributed by atoms with Crippen LogP contribution in [0.2, 0.25) is 5.02 Å². The first kappa shape index (κ1) is 15.8. The van der Waals surface area contributed by atoms with Gasteiger partial charge in [-0.1, -0.05) is 17.7 Å². The highest BCUT2D eigenvalue weighted by Crippen LogP contribution is 2.49. The largest absolute Gasteiger partial charge is 0.449 e. The second-order valence-electron chi connectivity index (χ2n) is 6.53. The van der Waals surface area contributed by atoms with Crippen molar-refractivity contribution >= 4 is 17.9 Å². The van der Waals surface area contributed by atoms with Gasteiger partial charge in [0.25, 0.3) is 0 Å². The van der Waals surface area contributed by atoms with E-state index in [2.05, 4.69) is 9.88 Å². The molecule has 0 amide bonds. The third kappa shape index (κ3) is 2.66. The molecule has 1 spiro atoms. The fraction of sp³-hybridized carbons (Fsp3) is 0.444. The molecule has 0 bridgehead atoms. The average molecular weight is 347 g/mol. The number of hydrogen-bond acceptors (Lipinski definition) is 5. The number of piperidine rings is 1. The smallest absolute Gasteiger partial charge is 0.191 e. The van der Waals surface area contributed by atoms with E-state index in [-0.39, 0.29) is 0 Å². The van der Waals surface area contributed by atoms with Crippen LogP contribution in [0.3, 0.4) is 0 Å². The Morgan fingerprint density at radius 2 is 2.21 bits per heavy atom. The van der Waals surface area contributed by atoms with Crippen LogP contribution in [0.25, 0.3) is 0 Å². The van der Waals surface area contributed by atoms with Crippen molar-refractivity contribution in [3.63, 3.8) is 0 Å². The van der Waals surface area contributed by atoms with Gasteiger partial charge in [-0.2, -0.15) is 0 Å². The van der Waals surface area contributed by atoms with Crippen LogP contribution >= 0.6 is 11.6 Å². The quantitative estimate of drug-likeness (QED) is 0.797. The zero-order valence-electron chi connectivity index (χ0n) is 13.5. The summed E-state index contributed by atoms with van der Waals surface area (Å²) in [6.07, 6.45) is 3.78. The highest BCUT2D eigenvalue weighted by atomic mass is 35.5. The number of carbonyl (C=O) groups is 1. The average Bonchev–Trinajstić information content (AvgIpc) is 3.12. The lowest BCUT2D eigenvalue weighted by Gasteiger charge is -2.39. The van der Waals surface area contributed by atoms with Crippen molar-refractivity contribution in [2.75, 3.05) is 13.1 Å². The number of benzene rings is 1. The number of oxazole rings is 1. The molecule has 6 heteroatoms. The normalized spacial score (nSPS) is 22.7. The lowest BCUT2D eigenvalue weighted by molar-refractivity contribution is -0.137. The lowest BCUT2D eigenvalue weighted by Crippen LogP contribution is -2.42. The van der Waals surface area contributed by atoms with Crippen molar-refractivity contribution in [2.45, 2.75) is 38.0 Å². The predicted octanol–water partition coefficient (Wildman–Crippen LogP) is 3.40. The highest BCUT2D eigenvalue weighted by Gasteiger charge is 2.46. The standard InChI is InChI=1S/C18H19ClN2O3/c1-12-20-14(11-23-12)9-21-6-4-18(5-7-21)16-8-13(19)2-3-15(16)17(10-22)24-18/h2-3,8,10-11,17H,4-7,9H2,1H3. The molecule has 1 aromatic heterocycles. The van der Waals surface area contributed by atoms with Gasteiger partial charge >= 0.3 is 0 Å². The van der Waals surface area contributed by atoms with Crippen LogP contribution in [0.5, 0.6) is 0 Å². The Bertz CT molecular complexity index is 765. The molecule has 24 heavy (non-hydrogen) atoms. The number of likely N-dealkylation sites (tertiary alicyclic amines) is 1. The van der Waals surface area contributed by atoms with Crippen molar-refractivity contribution < 1.29 is 13.9 Å². The molecule has 2 aliphatic rings. The summed E-state index contributed by atoms with van der Waals surface area (Å²) >= 11 is 6.18. The number of aldehydes is 1. The van der Waals surface area contributed by atoms with Gasteiger partial charge in [0, 0.05) is 31.6 Å². The molecular weight excluding hydrogens is 328 g/mol. The zero-order valence-corrected chi connectivity index (χ0v) is 14.3. The maximum absolute atomic E-state index is 11.4. The zero-order chi connectivity index (χ0) is 16.7. The molecule has 0 N–H and O–H groups in total. The molecule has 4 rings (SSSR count). The van der Waals surface area contributed by atoms with E-state index in [4.69, 9.17) is 20.8 Å². The SMILES string of the molecule is Cc1nc(CN2CCC3(CC2)OC(C=O)c2ccc(Cl)cc23)co1. The Balaban J connectivity index is 1.52. The molecule has 0 radical (unpaired) electrons. The van der Waals surface area contributed by atoms with Gasteiger partial charge in [0.2, 0.25) is 0 Å². The summed E-state index contributed by atoms with van der Waals surface area (Å²) in [6.45, 7) is 4.38. The first-order valence-electron chi connectivity index (χ1n) is 8.16. The number of aryl methyl sites for hydroxylation is 1. The molecule has 1 fully saturated rings. The Labute approximate surface area is 145 Å². The Hall–Kier alpha value is -1.69.